The number of ether oxygens (including phenoxy) is 1. The van der Waals surface area contributed by atoms with Crippen LogP contribution in [0.3, 0.4) is 0 Å². The molecule has 41 heavy (non-hydrogen) atoms. The molecule has 0 aromatic heterocycles. The quantitative estimate of drug-likeness (QED) is 0.350. The van der Waals surface area contributed by atoms with Crippen LogP contribution in [-0.4, -0.2) is 64.2 Å². The lowest BCUT2D eigenvalue weighted by Crippen LogP contribution is -2.78. The number of hydrogen-bond acceptors (Lipinski definition) is 4. The summed E-state index contributed by atoms with van der Waals surface area (Å²) in [5, 5.41) is 12.6. The van der Waals surface area contributed by atoms with E-state index in [-0.39, 0.29) is 23.9 Å². The van der Waals surface area contributed by atoms with E-state index < -0.39 is 28.9 Å². The number of likely N-dealkylation sites (tertiary alicyclic amines) is 1. The molecule has 0 unspecified atom stereocenters. The van der Waals surface area contributed by atoms with Crippen molar-refractivity contribution in [3.05, 3.63) is 83.4 Å². The minimum Gasteiger partial charge on any atom is -0.487 e. The second kappa shape index (κ2) is 10.0. The summed E-state index contributed by atoms with van der Waals surface area (Å²) in [7, 11) is 0. The number of nitrogens with zero attached hydrogens (tertiary/aromatic N) is 2. The summed E-state index contributed by atoms with van der Waals surface area (Å²) in [6.07, 6.45) is 2.73. The van der Waals surface area contributed by atoms with E-state index in [0.717, 1.165) is 42.8 Å². The molecule has 1 N–H and O–H groups in total. The van der Waals surface area contributed by atoms with Gasteiger partial charge in [0.25, 0.3) is 0 Å². The number of amides is 1. The number of alkyl halides is 3. The first-order valence-corrected chi connectivity index (χ1v) is 14.5. The fourth-order valence-electron chi connectivity index (χ4n) is 8.11. The van der Waals surface area contributed by atoms with Gasteiger partial charge in [-0.25, -0.2) is 0 Å². The maximum atomic E-state index is 13.8. The second-order valence-corrected chi connectivity index (χ2v) is 12.4. The zero-order valence-corrected chi connectivity index (χ0v) is 23.5. The number of hydrogen-bond donors (Lipinski definition) is 1. The molecule has 218 valence electrons. The van der Waals surface area contributed by atoms with Gasteiger partial charge in [0, 0.05) is 30.8 Å². The third-order valence-corrected chi connectivity index (χ3v) is 9.71. The van der Waals surface area contributed by atoms with Crippen molar-refractivity contribution in [2.24, 2.45) is 5.92 Å². The van der Waals surface area contributed by atoms with Crippen LogP contribution in [0.25, 0.3) is 6.08 Å². The summed E-state index contributed by atoms with van der Waals surface area (Å²) < 4.78 is 45.7. The number of rotatable bonds is 7. The summed E-state index contributed by atoms with van der Waals surface area (Å²) in [6, 6.07) is 10.6. The Bertz CT molecular complexity index is 1370. The predicted molar refractivity (Wildman–Crippen MR) is 151 cm³/mol. The normalized spacial score (nSPS) is 30.3. The Kier molecular flexibility index (Phi) is 6.85. The largest absolute Gasteiger partial charge is 0.487 e. The van der Waals surface area contributed by atoms with Crippen LogP contribution >= 0.6 is 0 Å². The average molecular weight is 567 g/mol. The van der Waals surface area contributed by atoms with Crippen LogP contribution in [0.15, 0.2) is 61.2 Å². The Balaban J connectivity index is 1.35. The lowest BCUT2D eigenvalue weighted by molar-refractivity contribution is -0.199. The Morgan fingerprint density at radius 3 is 2.66 bits per heavy atom. The molecule has 2 fully saturated rings. The lowest BCUT2D eigenvalue weighted by atomic mass is 9.48. The molecular formula is C33H37F3N2O3. The summed E-state index contributed by atoms with van der Waals surface area (Å²) >= 11 is 0. The number of aliphatic hydroxyl groups is 1. The van der Waals surface area contributed by atoms with Gasteiger partial charge in [0.15, 0.2) is 0 Å². The lowest BCUT2D eigenvalue weighted by Gasteiger charge is -2.64. The van der Waals surface area contributed by atoms with Crippen LogP contribution in [-0.2, 0) is 22.8 Å². The van der Waals surface area contributed by atoms with Gasteiger partial charge in [-0.3, -0.25) is 9.69 Å². The zero-order chi connectivity index (χ0) is 29.2. The Hall–Kier alpha value is -3.10. The highest BCUT2D eigenvalue weighted by Crippen LogP contribution is 2.64. The van der Waals surface area contributed by atoms with Gasteiger partial charge in [0.1, 0.15) is 11.9 Å². The van der Waals surface area contributed by atoms with Gasteiger partial charge in [-0.05, 0) is 73.5 Å². The van der Waals surface area contributed by atoms with Crippen molar-refractivity contribution in [3.63, 3.8) is 0 Å². The van der Waals surface area contributed by atoms with Gasteiger partial charge in [-0.1, -0.05) is 44.2 Å². The molecule has 6 rings (SSSR count). The zero-order valence-electron chi connectivity index (χ0n) is 23.5. The van der Waals surface area contributed by atoms with Crippen molar-refractivity contribution in [1.29, 1.82) is 0 Å². The SMILES string of the molecule is C=CCN1CC[C@]23c4c5cccc4O[C@H]2[C@@H](N(CC(C)C)C(=O)C=Cc2ccc(C(F)(F)F)cc2)CC[C@@]3(O)[C@H]1C5. The van der Waals surface area contributed by atoms with Crippen LogP contribution in [0.5, 0.6) is 5.75 Å². The number of benzene rings is 2. The van der Waals surface area contributed by atoms with Gasteiger partial charge in [-0.2, -0.15) is 13.2 Å². The van der Waals surface area contributed by atoms with E-state index in [2.05, 4.69) is 31.4 Å². The average Bonchev–Trinajstić information content (AvgIpc) is 3.27. The van der Waals surface area contributed by atoms with Crippen molar-refractivity contribution in [2.75, 3.05) is 19.6 Å². The van der Waals surface area contributed by atoms with Crippen molar-refractivity contribution in [1.82, 2.24) is 9.80 Å². The molecule has 4 aliphatic rings. The smallest absolute Gasteiger partial charge is 0.416 e. The molecule has 2 aromatic carbocycles. The van der Waals surface area contributed by atoms with Gasteiger partial charge in [0.05, 0.1) is 22.6 Å². The van der Waals surface area contributed by atoms with Crippen molar-refractivity contribution in [2.45, 2.75) is 74.9 Å². The molecule has 1 saturated heterocycles. The highest BCUT2D eigenvalue weighted by Gasteiger charge is 2.73. The number of halogens is 3. The fraction of sp³-hybridized carbons (Fsp3) is 0.485. The molecule has 8 heteroatoms. The minimum atomic E-state index is -4.41. The predicted octanol–water partition coefficient (Wildman–Crippen LogP) is 5.61. The molecule has 5 nitrogen and oxygen atoms in total. The summed E-state index contributed by atoms with van der Waals surface area (Å²) in [5.41, 5.74) is 0.513. The van der Waals surface area contributed by atoms with Crippen LogP contribution in [0, 0.1) is 5.92 Å². The first-order valence-electron chi connectivity index (χ1n) is 14.5. The van der Waals surface area contributed by atoms with Gasteiger partial charge in [-0.15, -0.1) is 6.58 Å². The van der Waals surface area contributed by atoms with E-state index in [1.165, 1.54) is 23.8 Å². The van der Waals surface area contributed by atoms with Crippen LogP contribution in [0.2, 0.25) is 0 Å². The molecule has 2 bridgehead atoms. The first kappa shape index (κ1) is 28.0. The monoisotopic (exact) mass is 566 g/mol. The van der Waals surface area contributed by atoms with E-state index in [4.69, 9.17) is 4.74 Å². The third-order valence-electron chi connectivity index (χ3n) is 9.71. The topological polar surface area (TPSA) is 53.0 Å². The van der Waals surface area contributed by atoms with Gasteiger partial charge in [0.2, 0.25) is 5.91 Å². The number of carbonyl (C=O) groups is 1. The van der Waals surface area contributed by atoms with Crippen molar-refractivity contribution < 1.29 is 27.8 Å². The molecule has 1 saturated carbocycles. The molecule has 2 aromatic rings. The summed E-state index contributed by atoms with van der Waals surface area (Å²) in [5.74, 6) is 0.789. The first-order chi connectivity index (χ1) is 19.5. The molecule has 1 amide bonds. The standard InChI is InChI=1S/C33H37F3N2O3/c1-4-17-37-18-16-31-29-23-6-5-7-26(29)41-30(31)25(14-15-32(31,40)27(37)19-23)38(20-21(2)3)28(39)13-10-22-8-11-24(12-9-22)33(34,35)36/h4-13,21,25,27,30,40H,1,14-20H2,2-3H3/t25-,27+,30-,31-,32+/m0/s1. The summed E-state index contributed by atoms with van der Waals surface area (Å²) in [6.45, 7) is 10.1. The Morgan fingerprint density at radius 1 is 1.22 bits per heavy atom. The highest BCUT2D eigenvalue weighted by atomic mass is 19.4. The van der Waals surface area contributed by atoms with Gasteiger partial charge < -0.3 is 14.7 Å². The second-order valence-electron chi connectivity index (χ2n) is 12.4. The molecule has 2 aliphatic heterocycles. The van der Waals surface area contributed by atoms with E-state index in [1.54, 1.807) is 6.08 Å². The van der Waals surface area contributed by atoms with E-state index in [1.807, 2.05) is 23.1 Å². The van der Waals surface area contributed by atoms with E-state index in [9.17, 15) is 23.1 Å². The molecule has 2 aliphatic carbocycles. The maximum absolute atomic E-state index is 13.8. The van der Waals surface area contributed by atoms with Crippen LogP contribution in [0.4, 0.5) is 13.2 Å². The molecule has 0 radical (unpaired) electrons. The highest BCUT2D eigenvalue weighted by molar-refractivity contribution is 5.92. The molecular weight excluding hydrogens is 529 g/mol. The number of carbonyl (C=O) groups excluding carboxylic acids is 1. The van der Waals surface area contributed by atoms with E-state index >= 15 is 0 Å². The van der Waals surface area contributed by atoms with Crippen LogP contribution in [0.1, 0.15) is 55.4 Å². The van der Waals surface area contributed by atoms with Crippen molar-refractivity contribution >= 4 is 12.0 Å². The molecule has 5 atom stereocenters. The number of piperidine rings is 1. The van der Waals surface area contributed by atoms with Crippen molar-refractivity contribution in [3.8, 4) is 5.75 Å². The Labute approximate surface area is 239 Å². The minimum absolute atomic E-state index is 0.0593. The fourth-order valence-corrected chi connectivity index (χ4v) is 8.11. The summed E-state index contributed by atoms with van der Waals surface area (Å²) in [4.78, 5) is 18.0. The Morgan fingerprint density at radius 2 is 1.98 bits per heavy atom. The van der Waals surface area contributed by atoms with E-state index in [0.29, 0.717) is 31.5 Å². The van der Waals surface area contributed by atoms with Gasteiger partial charge >= 0.3 is 6.18 Å². The van der Waals surface area contributed by atoms with Crippen LogP contribution < -0.4 is 4.74 Å². The third kappa shape index (κ3) is 4.33. The molecule has 2 heterocycles. The molecule has 1 spiro atoms. The maximum Gasteiger partial charge on any atom is 0.416 e.